The van der Waals surface area contributed by atoms with Crippen LogP contribution in [0.25, 0.3) is 0 Å². The zero-order valence-electron chi connectivity index (χ0n) is 21.0. The lowest BCUT2D eigenvalue weighted by atomic mass is 10.1. The number of carbonyl (C=O) groups excluding carboxylic acids is 1. The molecule has 0 bridgehead atoms. The molecule has 8 heteroatoms. The van der Waals surface area contributed by atoms with Gasteiger partial charge in [-0.25, -0.2) is 4.72 Å². The molecule has 1 saturated heterocycles. The number of rotatable bonds is 9. The highest BCUT2D eigenvalue weighted by Crippen LogP contribution is 2.29. The number of amides is 1. The molecule has 36 heavy (non-hydrogen) atoms. The monoisotopic (exact) mass is 507 g/mol. The van der Waals surface area contributed by atoms with Crippen LogP contribution in [0.4, 0.5) is 11.4 Å². The summed E-state index contributed by atoms with van der Waals surface area (Å²) in [4.78, 5) is 18.1. The molecule has 0 radical (unpaired) electrons. The predicted molar refractivity (Wildman–Crippen MR) is 145 cm³/mol. The second kappa shape index (κ2) is 12.1. The highest BCUT2D eigenvalue weighted by Gasteiger charge is 2.26. The first-order valence-electron chi connectivity index (χ1n) is 12.2. The molecule has 1 amide bonds. The van der Waals surface area contributed by atoms with Crippen LogP contribution in [0.15, 0.2) is 71.6 Å². The molecule has 1 N–H and O–H groups in total. The van der Waals surface area contributed by atoms with E-state index < -0.39 is 11.4 Å². The lowest BCUT2D eigenvalue weighted by molar-refractivity contribution is 0.0745. The number of nitrogens with zero attached hydrogens (tertiary/aromatic N) is 2. The third kappa shape index (κ3) is 6.06. The van der Waals surface area contributed by atoms with Crippen LogP contribution in [-0.4, -0.2) is 55.3 Å². The zero-order valence-corrected chi connectivity index (χ0v) is 21.8. The molecule has 190 valence electrons. The molecule has 1 atom stereocenters. The Bertz CT molecular complexity index is 1160. The fourth-order valence-electron chi connectivity index (χ4n) is 4.16. The lowest BCUT2D eigenvalue weighted by Crippen LogP contribution is -2.49. The maximum absolute atomic E-state index is 13.4. The summed E-state index contributed by atoms with van der Waals surface area (Å²) in [6.07, 6.45) is 0.940. The number of nitrogens with one attached hydrogen (secondary N) is 1. The van der Waals surface area contributed by atoms with Gasteiger partial charge in [0.15, 0.2) is 4.90 Å². The van der Waals surface area contributed by atoms with Crippen molar-refractivity contribution in [1.82, 2.24) is 4.90 Å². The van der Waals surface area contributed by atoms with Crippen molar-refractivity contribution in [3.63, 3.8) is 0 Å². The Kier molecular flexibility index (Phi) is 8.61. The first-order chi connectivity index (χ1) is 17.5. The Morgan fingerprint density at radius 1 is 1.03 bits per heavy atom. The Labute approximate surface area is 216 Å². The maximum atomic E-state index is 13.4. The molecule has 1 heterocycles. The standard InChI is InChI=1S/C28H33N3O4S/c1-4-19-35-23-12-10-22(11-13-23)29-36(33)24-14-9-21(2)25(20-24)28(32)31-17-15-30(16-18-31)26-7-5-6-8-27(26)34-3/h5-14,20,29H,4,15-19H2,1-3H3. The molecule has 1 aliphatic rings. The Hall–Kier alpha value is -3.36. The summed E-state index contributed by atoms with van der Waals surface area (Å²) in [7, 11) is 1.67. The molecule has 3 aromatic rings. The van der Waals surface area contributed by atoms with Gasteiger partial charge >= 0.3 is 0 Å². The number of piperazine rings is 1. The van der Waals surface area contributed by atoms with Crippen LogP contribution in [0.5, 0.6) is 11.5 Å². The number of anilines is 2. The van der Waals surface area contributed by atoms with Gasteiger partial charge in [-0.3, -0.25) is 4.79 Å². The zero-order chi connectivity index (χ0) is 25.5. The Morgan fingerprint density at radius 2 is 1.75 bits per heavy atom. The molecule has 1 fully saturated rings. The minimum atomic E-state index is -1.50. The number of hydrogen-bond donors (Lipinski definition) is 1. The lowest BCUT2D eigenvalue weighted by Gasteiger charge is -2.36. The molecule has 0 aliphatic carbocycles. The van der Waals surface area contributed by atoms with Crippen LogP contribution in [0.1, 0.15) is 29.3 Å². The second-order valence-electron chi connectivity index (χ2n) is 8.67. The number of carbonyl (C=O) groups is 1. The molecule has 0 aromatic heterocycles. The molecule has 1 unspecified atom stereocenters. The Balaban J connectivity index is 1.40. The number of hydrogen-bond acceptors (Lipinski definition) is 6. The van der Waals surface area contributed by atoms with E-state index in [-0.39, 0.29) is 5.91 Å². The van der Waals surface area contributed by atoms with Crippen LogP contribution < -0.4 is 19.1 Å². The quantitative estimate of drug-likeness (QED) is 0.416. The number of methoxy groups -OCH3 is 1. The molecule has 4 rings (SSSR count). The summed E-state index contributed by atoms with van der Waals surface area (Å²) in [6, 6.07) is 20.7. The largest absolute Gasteiger partial charge is 0.588 e. The van der Waals surface area contributed by atoms with E-state index in [1.54, 1.807) is 19.2 Å². The fraction of sp³-hybridized carbons (Fsp3) is 0.321. The SMILES string of the molecule is CCCOc1ccc(N[S+]([O-])c2ccc(C)c(C(=O)N3CCN(c4ccccc4OC)CC3)c2)cc1. The number of para-hydroxylation sites is 2. The smallest absolute Gasteiger partial charge is 0.254 e. The van der Waals surface area contributed by atoms with Crippen LogP contribution in [-0.2, 0) is 11.4 Å². The third-order valence-electron chi connectivity index (χ3n) is 6.18. The van der Waals surface area contributed by atoms with Crippen molar-refractivity contribution in [3.05, 3.63) is 77.9 Å². The Morgan fingerprint density at radius 3 is 2.44 bits per heavy atom. The summed E-state index contributed by atoms with van der Waals surface area (Å²) >= 11 is -1.50. The maximum Gasteiger partial charge on any atom is 0.254 e. The summed E-state index contributed by atoms with van der Waals surface area (Å²) in [6.45, 7) is 7.28. The normalized spacial score (nSPS) is 14.3. The van der Waals surface area contributed by atoms with Gasteiger partial charge in [0.1, 0.15) is 22.9 Å². The van der Waals surface area contributed by atoms with E-state index in [0.717, 1.165) is 47.9 Å². The van der Waals surface area contributed by atoms with Crippen molar-refractivity contribution in [2.24, 2.45) is 0 Å². The topological polar surface area (TPSA) is 77.1 Å². The summed E-state index contributed by atoms with van der Waals surface area (Å²) in [5, 5.41) is 0. The van der Waals surface area contributed by atoms with Gasteiger partial charge in [0.25, 0.3) is 5.91 Å². The van der Waals surface area contributed by atoms with Gasteiger partial charge in [-0.15, -0.1) is 0 Å². The van der Waals surface area contributed by atoms with E-state index >= 15 is 0 Å². The number of aryl methyl sites for hydroxylation is 1. The summed E-state index contributed by atoms with van der Waals surface area (Å²) in [5.74, 6) is 1.57. The van der Waals surface area contributed by atoms with Crippen molar-refractivity contribution in [3.8, 4) is 11.5 Å². The fourth-order valence-corrected chi connectivity index (χ4v) is 5.05. The molecule has 1 aliphatic heterocycles. The van der Waals surface area contributed by atoms with E-state index in [1.807, 2.05) is 66.4 Å². The first-order valence-corrected chi connectivity index (χ1v) is 13.3. The number of ether oxygens (including phenoxy) is 2. The predicted octanol–water partition coefficient (Wildman–Crippen LogP) is 4.89. The molecule has 3 aromatic carbocycles. The third-order valence-corrected chi connectivity index (χ3v) is 7.29. The van der Waals surface area contributed by atoms with Gasteiger partial charge in [0.2, 0.25) is 0 Å². The van der Waals surface area contributed by atoms with Crippen molar-refractivity contribution >= 4 is 28.6 Å². The van der Waals surface area contributed by atoms with Gasteiger partial charge in [-0.2, -0.15) is 0 Å². The van der Waals surface area contributed by atoms with Crippen LogP contribution in [0.3, 0.4) is 0 Å². The van der Waals surface area contributed by atoms with Gasteiger partial charge in [-0.1, -0.05) is 25.1 Å². The summed E-state index contributed by atoms with van der Waals surface area (Å²) < 4.78 is 27.1. The summed E-state index contributed by atoms with van der Waals surface area (Å²) in [5.41, 5.74) is 3.21. The van der Waals surface area contributed by atoms with Gasteiger partial charge in [-0.05, 0) is 61.4 Å². The highest BCUT2D eigenvalue weighted by molar-refractivity contribution is 7.92. The average Bonchev–Trinajstić information content (AvgIpc) is 2.92. The minimum Gasteiger partial charge on any atom is -0.588 e. The van der Waals surface area contributed by atoms with Crippen molar-refractivity contribution < 1.29 is 18.8 Å². The van der Waals surface area contributed by atoms with Crippen molar-refractivity contribution in [2.75, 3.05) is 49.5 Å². The van der Waals surface area contributed by atoms with E-state index in [0.29, 0.717) is 30.2 Å². The molecular weight excluding hydrogens is 474 g/mol. The van der Waals surface area contributed by atoms with E-state index in [1.165, 1.54) is 0 Å². The van der Waals surface area contributed by atoms with Crippen LogP contribution in [0, 0.1) is 6.92 Å². The van der Waals surface area contributed by atoms with Crippen molar-refractivity contribution in [2.45, 2.75) is 25.2 Å². The molecule has 7 nitrogen and oxygen atoms in total. The first kappa shape index (κ1) is 25.7. The second-order valence-corrected chi connectivity index (χ2v) is 9.88. The minimum absolute atomic E-state index is 0.0385. The van der Waals surface area contributed by atoms with Crippen LogP contribution in [0.2, 0.25) is 0 Å². The molecule has 0 saturated carbocycles. The van der Waals surface area contributed by atoms with Gasteiger partial charge in [0, 0.05) is 37.8 Å². The number of benzene rings is 3. The van der Waals surface area contributed by atoms with Gasteiger partial charge < -0.3 is 23.8 Å². The van der Waals surface area contributed by atoms with E-state index in [4.69, 9.17) is 9.47 Å². The van der Waals surface area contributed by atoms with Crippen molar-refractivity contribution in [1.29, 1.82) is 0 Å². The highest BCUT2D eigenvalue weighted by atomic mass is 32.2. The van der Waals surface area contributed by atoms with Gasteiger partial charge in [0.05, 0.1) is 25.1 Å². The average molecular weight is 508 g/mol. The van der Waals surface area contributed by atoms with E-state index in [2.05, 4.69) is 16.5 Å². The molecule has 0 spiro atoms. The molecular formula is C28H33N3O4S. The van der Waals surface area contributed by atoms with E-state index in [9.17, 15) is 9.35 Å². The van der Waals surface area contributed by atoms with Crippen LogP contribution >= 0.6 is 0 Å².